The van der Waals surface area contributed by atoms with Gasteiger partial charge >= 0.3 is 7.12 Å². The molecule has 0 saturated carbocycles. The van der Waals surface area contributed by atoms with Crippen molar-refractivity contribution in [3.05, 3.63) is 11.5 Å². The van der Waals surface area contributed by atoms with E-state index in [1.54, 1.807) is 0 Å². The summed E-state index contributed by atoms with van der Waals surface area (Å²) in [5.41, 5.74) is 0.630. The van der Waals surface area contributed by atoms with Crippen molar-refractivity contribution in [2.75, 3.05) is 13.1 Å². The van der Waals surface area contributed by atoms with Crippen molar-refractivity contribution in [2.45, 2.75) is 84.8 Å². The van der Waals surface area contributed by atoms with Gasteiger partial charge in [0.1, 0.15) is 0 Å². The summed E-state index contributed by atoms with van der Waals surface area (Å²) < 4.78 is 12.2. The van der Waals surface area contributed by atoms with Crippen LogP contribution >= 0.6 is 0 Å². The van der Waals surface area contributed by atoms with Crippen LogP contribution in [0.2, 0.25) is 0 Å². The number of hydrogen-bond acceptors (Lipinski definition) is 3. The van der Waals surface area contributed by atoms with Gasteiger partial charge in [0.15, 0.2) is 0 Å². The summed E-state index contributed by atoms with van der Waals surface area (Å²) in [6.07, 6.45) is 7.16. The standard InChI is InChI=1S/C17H28BNO3.C2H6/c1-16(2)17(3,4)22-18(21-16)14-9-7-13(8-10-14)15(20)19-11-5-6-12-19;1-2/h9,13H,5-8,10-12H2,1-4H3;1-2H3/t13-;/m1./s1. The molecule has 1 amide bonds. The predicted molar refractivity (Wildman–Crippen MR) is 98.7 cm³/mol. The second-order valence-electron chi connectivity index (χ2n) is 7.87. The lowest BCUT2D eigenvalue weighted by atomic mass is 9.70. The fourth-order valence-corrected chi connectivity index (χ4v) is 3.48. The maximum atomic E-state index is 12.5. The van der Waals surface area contributed by atoms with Crippen molar-refractivity contribution in [2.24, 2.45) is 5.92 Å². The molecule has 3 aliphatic rings. The quantitative estimate of drug-likeness (QED) is 0.716. The molecule has 0 spiro atoms. The average molecular weight is 335 g/mol. The van der Waals surface area contributed by atoms with E-state index in [-0.39, 0.29) is 24.2 Å². The lowest BCUT2D eigenvalue weighted by molar-refractivity contribution is -0.134. The molecule has 136 valence electrons. The monoisotopic (exact) mass is 335 g/mol. The molecule has 4 nitrogen and oxygen atoms in total. The number of rotatable bonds is 2. The molecule has 2 aliphatic heterocycles. The minimum absolute atomic E-state index is 0.157. The maximum Gasteiger partial charge on any atom is 0.490 e. The van der Waals surface area contributed by atoms with Crippen LogP contribution in [0, 0.1) is 5.92 Å². The smallest absolute Gasteiger partial charge is 0.400 e. The van der Waals surface area contributed by atoms with Gasteiger partial charge in [-0.05, 0) is 65.3 Å². The maximum absolute atomic E-state index is 12.5. The summed E-state index contributed by atoms with van der Waals surface area (Å²) >= 11 is 0. The van der Waals surface area contributed by atoms with Crippen LogP contribution in [0.3, 0.4) is 0 Å². The third-order valence-electron chi connectivity index (χ3n) is 5.77. The van der Waals surface area contributed by atoms with Crippen LogP contribution < -0.4 is 0 Å². The molecule has 24 heavy (non-hydrogen) atoms. The van der Waals surface area contributed by atoms with E-state index >= 15 is 0 Å². The van der Waals surface area contributed by atoms with E-state index in [0.717, 1.165) is 45.2 Å². The van der Waals surface area contributed by atoms with Crippen molar-refractivity contribution < 1.29 is 14.1 Å². The van der Waals surface area contributed by atoms with Crippen LogP contribution in [0.1, 0.15) is 73.6 Å². The molecule has 0 aromatic heterocycles. The van der Waals surface area contributed by atoms with Crippen LogP contribution in [0.15, 0.2) is 11.5 Å². The molecule has 1 atom stereocenters. The van der Waals surface area contributed by atoms with Gasteiger partial charge in [0.2, 0.25) is 5.91 Å². The number of carbonyl (C=O) groups excluding carboxylic acids is 1. The van der Waals surface area contributed by atoms with E-state index in [1.807, 2.05) is 18.7 Å². The molecular formula is C19H34BNO3. The third-order valence-corrected chi connectivity index (χ3v) is 5.77. The first-order chi connectivity index (χ1) is 11.3. The normalized spacial score (nSPS) is 28.2. The Kier molecular flexibility index (Phi) is 6.19. The van der Waals surface area contributed by atoms with Crippen molar-refractivity contribution in [1.82, 2.24) is 4.90 Å². The molecule has 0 bridgehead atoms. The van der Waals surface area contributed by atoms with Gasteiger partial charge in [-0.2, -0.15) is 0 Å². The molecule has 5 heteroatoms. The van der Waals surface area contributed by atoms with E-state index in [4.69, 9.17) is 9.31 Å². The topological polar surface area (TPSA) is 38.8 Å². The lowest BCUT2D eigenvalue weighted by Crippen LogP contribution is -2.41. The van der Waals surface area contributed by atoms with E-state index in [9.17, 15) is 4.79 Å². The van der Waals surface area contributed by atoms with Gasteiger partial charge in [-0.3, -0.25) is 4.79 Å². The highest BCUT2D eigenvalue weighted by Gasteiger charge is 2.52. The first-order valence-corrected chi connectivity index (χ1v) is 9.63. The second kappa shape index (κ2) is 7.61. The SMILES string of the molecule is CC.CC1(C)OB(C2=CC[C@@H](C(=O)N3CCCC3)CC2)OC1(C)C. The number of nitrogens with zero attached hydrogens (tertiary/aromatic N) is 1. The van der Waals surface area contributed by atoms with Gasteiger partial charge in [0, 0.05) is 19.0 Å². The minimum atomic E-state index is -0.291. The summed E-state index contributed by atoms with van der Waals surface area (Å²) in [5, 5.41) is 0. The molecule has 0 unspecified atom stereocenters. The van der Waals surface area contributed by atoms with Gasteiger partial charge in [-0.1, -0.05) is 19.9 Å². The van der Waals surface area contributed by atoms with Gasteiger partial charge in [0.25, 0.3) is 0 Å². The van der Waals surface area contributed by atoms with Gasteiger partial charge in [-0.15, -0.1) is 0 Å². The Balaban J connectivity index is 0.00000100. The molecule has 0 N–H and O–H groups in total. The number of likely N-dealkylation sites (tertiary alicyclic amines) is 1. The summed E-state index contributed by atoms with van der Waals surface area (Å²) in [6.45, 7) is 14.2. The predicted octanol–water partition coefficient (Wildman–Crippen LogP) is 3.99. The van der Waals surface area contributed by atoms with E-state index < -0.39 is 0 Å². The summed E-state index contributed by atoms with van der Waals surface area (Å²) in [5.74, 6) is 0.506. The Morgan fingerprint density at radius 1 is 1.12 bits per heavy atom. The molecule has 2 heterocycles. The molecule has 0 radical (unpaired) electrons. The number of amides is 1. The van der Waals surface area contributed by atoms with Crippen LogP contribution in [-0.2, 0) is 14.1 Å². The third kappa shape index (κ3) is 3.88. The molecular weight excluding hydrogens is 301 g/mol. The molecule has 0 aromatic carbocycles. The molecule has 1 aliphatic carbocycles. The highest BCUT2D eigenvalue weighted by Crippen LogP contribution is 2.40. The van der Waals surface area contributed by atoms with Crippen LogP contribution in [-0.4, -0.2) is 42.2 Å². The Bertz CT molecular complexity index is 465. The zero-order valence-corrected chi connectivity index (χ0v) is 16.4. The molecule has 2 fully saturated rings. The Hall–Kier alpha value is -0.805. The van der Waals surface area contributed by atoms with Crippen LogP contribution in [0.4, 0.5) is 0 Å². The Morgan fingerprint density at radius 2 is 1.67 bits per heavy atom. The number of hydrogen-bond donors (Lipinski definition) is 0. The summed E-state index contributed by atoms with van der Waals surface area (Å²) in [6, 6.07) is 0. The summed E-state index contributed by atoms with van der Waals surface area (Å²) in [4.78, 5) is 14.5. The average Bonchev–Trinajstić information content (AvgIpc) is 3.16. The zero-order valence-electron chi connectivity index (χ0n) is 16.4. The Labute approximate surface area is 148 Å². The highest BCUT2D eigenvalue weighted by molar-refractivity contribution is 6.54. The molecule has 0 aromatic rings. The van der Waals surface area contributed by atoms with Gasteiger partial charge < -0.3 is 14.2 Å². The largest absolute Gasteiger partial charge is 0.490 e. The lowest BCUT2D eigenvalue weighted by Gasteiger charge is -2.32. The van der Waals surface area contributed by atoms with E-state index in [2.05, 4.69) is 33.8 Å². The van der Waals surface area contributed by atoms with Crippen LogP contribution in [0.25, 0.3) is 0 Å². The van der Waals surface area contributed by atoms with Crippen molar-refractivity contribution in [1.29, 1.82) is 0 Å². The fraction of sp³-hybridized carbons (Fsp3) is 0.842. The number of carbonyl (C=O) groups is 1. The molecule has 2 saturated heterocycles. The van der Waals surface area contributed by atoms with E-state index in [1.165, 1.54) is 5.47 Å². The molecule has 3 rings (SSSR count). The Morgan fingerprint density at radius 3 is 2.12 bits per heavy atom. The summed E-state index contributed by atoms with van der Waals surface area (Å²) in [7, 11) is -0.243. The second-order valence-corrected chi connectivity index (χ2v) is 7.87. The van der Waals surface area contributed by atoms with Crippen molar-refractivity contribution >= 4 is 13.0 Å². The first-order valence-electron chi connectivity index (χ1n) is 9.63. The number of allylic oxidation sites excluding steroid dienone is 2. The fourth-order valence-electron chi connectivity index (χ4n) is 3.48. The zero-order chi connectivity index (χ0) is 18.0. The minimum Gasteiger partial charge on any atom is -0.400 e. The van der Waals surface area contributed by atoms with E-state index in [0.29, 0.717) is 5.91 Å². The van der Waals surface area contributed by atoms with Crippen molar-refractivity contribution in [3.8, 4) is 0 Å². The highest BCUT2D eigenvalue weighted by atomic mass is 16.7. The van der Waals surface area contributed by atoms with Gasteiger partial charge in [0.05, 0.1) is 11.2 Å². The van der Waals surface area contributed by atoms with Gasteiger partial charge in [-0.25, -0.2) is 0 Å². The van der Waals surface area contributed by atoms with Crippen LogP contribution in [0.5, 0.6) is 0 Å². The van der Waals surface area contributed by atoms with Crippen molar-refractivity contribution in [3.63, 3.8) is 0 Å². The first kappa shape index (κ1) is 19.5.